The van der Waals surface area contributed by atoms with Gasteiger partial charge < -0.3 is 9.42 Å². The predicted molar refractivity (Wildman–Crippen MR) is 104 cm³/mol. The van der Waals surface area contributed by atoms with E-state index in [4.69, 9.17) is 4.52 Å². The Bertz CT molecular complexity index is 969. The van der Waals surface area contributed by atoms with Gasteiger partial charge in [0.2, 0.25) is 0 Å². The maximum atomic E-state index is 12.7. The SMILES string of the molecule is Cc1ncc(C(=O)N2CCC(c3cc(-c4c(C)noc4C)ccn3)CC2)cn1. The lowest BCUT2D eigenvalue weighted by atomic mass is 9.91. The lowest BCUT2D eigenvalue weighted by Crippen LogP contribution is -2.38. The molecule has 7 nitrogen and oxygen atoms in total. The number of pyridine rings is 1. The standard InChI is InChI=1S/C21H23N5O2/c1-13-20(14(2)28-25-13)17-4-7-22-19(10-17)16-5-8-26(9-6-16)21(27)18-11-23-15(3)24-12-18/h4,7,10-12,16H,5-6,8-9H2,1-3H3. The Labute approximate surface area is 163 Å². The van der Waals surface area contributed by atoms with E-state index in [1.54, 1.807) is 12.4 Å². The van der Waals surface area contributed by atoms with E-state index in [1.165, 1.54) is 0 Å². The van der Waals surface area contributed by atoms with Gasteiger partial charge >= 0.3 is 0 Å². The van der Waals surface area contributed by atoms with Gasteiger partial charge in [0, 0.05) is 48.9 Å². The number of hydrogen-bond acceptors (Lipinski definition) is 6. The maximum Gasteiger partial charge on any atom is 0.256 e. The molecule has 1 saturated heterocycles. The second-order valence-electron chi connectivity index (χ2n) is 7.25. The third-order valence-electron chi connectivity index (χ3n) is 5.33. The molecule has 0 unspecified atom stereocenters. The van der Waals surface area contributed by atoms with Crippen LogP contribution in [0.15, 0.2) is 35.2 Å². The number of carbonyl (C=O) groups excluding carboxylic acids is 1. The lowest BCUT2D eigenvalue weighted by molar-refractivity contribution is 0.0711. The van der Waals surface area contributed by atoms with Gasteiger partial charge in [0.25, 0.3) is 5.91 Å². The maximum absolute atomic E-state index is 12.7. The Morgan fingerprint density at radius 2 is 1.82 bits per heavy atom. The van der Waals surface area contributed by atoms with Crippen LogP contribution in [0.2, 0.25) is 0 Å². The fraction of sp³-hybridized carbons (Fsp3) is 0.381. The fourth-order valence-corrected chi connectivity index (χ4v) is 3.79. The van der Waals surface area contributed by atoms with Crippen molar-refractivity contribution in [1.82, 2.24) is 25.0 Å². The normalized spacial score (nSPS) is 15.0. The lowest BCUT2D eigenvalue weighted by Gasteiger charge is -2.31. The molecule has 1 aliphatic rings. The third kappa shape index (κ3) is 3.52. The van der Waals surface area contributed by atoms with E-state index in [2.05, 4.69) is 26.2 Å². The molecule has 0 aromatic carbocycles. The van der Waals surface area contributed by atoms with Gasteiger partial charge in [-0.25, -0.2) is 9.97 Å². The summed E-state index contributed by atoms with van der Waals surface area (Å²) in [5.41, 5.74) is 4.61. The minimum absolute atomic E-state index is 0.00381. The van der Waals surface area contributed by atoms with Crippen molar-refractivity contribution in [2.45, 2.75) is 39.5 Å². The zero-order valence-electron chi connectivity index (χ0n) is 16.3. The Morgan fingerprint density at radius 3 is 2.46 bits per heavy atom. The second-order valence-corrected chi connectivity index (χ2v) is 7.25. The molecule has 7 heteroatoms. The Hall–Kier alpha value is -3.09. The quantitative estimate of drug-likeness (QED) is 0.695. The number of carbonyl (C=O) groups is 1. The molecule has 0 spiro atoms. The number of amides is 1. The van der Waals surface area contributed by atoms with E-state index >= 15 is 0 Å². The first-order chi connectivity index (χ1) is 13.5. The van der Waals surface area contributed by atoms with Crippen molar-refractivity contribution in [3.63, 3.8) is 0 Å². The second kappa shape index (κ2) is 7.50. The highest BCUT2D eigenvalue weighted by Crippen LogP contribution is 2.32. The summed E-state index contributed by atoms with van der Waals surface area (Å²) in [6.07, 6.45) is 6.82. The average molecular weight is 377 g/mol. The van der Waals surface area contributed by atoms with E-state index in [0.717, 1.165) is 41.1 Å². The molecule has 1 aliphatic heterocycles. The molecule has 0 radical (unpaired) electrons. The average Bonchev–Trinajstić information content (AvgIpc) is 3.06. The van der Waals surface area contributed by atoms with Gasteiger partial charge in [-0.1, -0.05) is 5.16 Å². The molecule has 0 aliphatic carbocycles. The first-order valence-corrected chi connectivity index (χ1v) is 9.50. The number of aromatic nitrogens is 4. The molecule has 0 saturated carbocycles. The Balaban J connectivity index is 1.46. The molecule has 4 heterocycles. The van der Waals surface area contributed by atoms with Crippen LogP contribution >= 0.6 is 0 Å². The largest absolute Gasteiger partial charge is 0.361 e. The van der Waals surface area contributed by atoms with Crippen molar-refractivity contribution in [3.05, 3.63) is 59.3 Å². The van der Waals surface area contributed by atoms with E-state index in [1.807, 2.05) is 37.9 Å². The number of hydrogen-bond donors (Lipinski definition) is 0. The monoisotopic (exact) mass is 377 g/mol. The number of piperidine rings is 1. The summed E-state index contributed by atoms with van der Waals surface area (Å²) in [4.78, 5) is 27.4. The Morgan fingerprint density at radius 1 is 1.11 bits per heavy atom. The van der Waals surface area contributed by atoms with Crippen LogP contribution in [0.5, 0.6) is 0 Å². The molecule has 144 valence electrons. The predicted octanol–water partition coefficient (Wildman–Crippen LogP) is 3.47. The summed E-state index contributed by atoms with van der Waals surface area (Å²) in [7, 11) is 0. The first-order valence-electron chi connectivity index (χ1n) is 9.50. The van der Waals surface area contributed by atoms with Gasteiger partial charge in [0.05, 0.1) is 11.3 Å². The zero-order valence-corrected chi connectivity index (χ0v) is 16.3. The summed E-state index contributed by atoms with van der Waals surface area (Å²) in [6.45, 7) is 7.09. The van der Waals surface area contributed by atoms with Crippen molar-refractivity contribution in [1.29, 1.82) is 0 Å². The van der Waals surface area contributed by atoms with E-state index in [0.29, 0.717) is 30.4 Å². The van der Waals surface area contributed by atoms with Crippen LogP contribution in [-0.4, -0.2) is 44.0 Å². The van der Waals surface area contributed by atoms with Crippen LogP contribution in [0.4, 0.5) is 0 Å². The van der Waals surface area contributed by atoms with Crippen LogP contribution in [0.1, 0.15) is 52.1 Å². The van der Waals surface area contributed by atoms with E-state index in [9.17, 15) is 4.79 Å². The van der Waals surface area contributed by atoms with Crippen molar-refractivity contribution < 1.29 is 9.32 Å². The zero-order chi connectivity index (χ0) is 19.7. The number of likely N-dealkylation sites (tertiary alicyclic amines) is 1. The highest BCUT2D eigenvalue weighted by atomic mass is 16.5. The van der Waals surface area contributed by atoms with Crippen LogP contribution < -0.4 is 0 Å². The van der Waals surface area contributed by atoms with Gasteiger partial charge in [0.1, 0.15) is 11.6 Å². The molecule has 3 aromatic rings. The molecule has 0 bridgehead atoms. The van der Waals surface area contributed by atoms with Crippen molar-refractivity contribution in [2.24, 2.45) is 0 Å². The number of aryl methyl sites for hydroxylation is 3. The highest BCUT2D eigenvalue weighted by molar-refractivity contribution is 5.93. The van der Waals surface area contributed by atoms with Crippen molar-refractivity contribution in [2.75, 3.05) is 13.1 Å². The van der Waals surface area contributed by atoms with Gasteiger partial charge in [0.15, 0.2) is 0 Å². The number of rotatable bonds is 3. The van der Waals surface area contributed by atoms with Gasteiger partial charge in [-0.2, -0.15) is 0 Å². The molecular formula is C21H23N5O2. The van der Waals surface area contributed by atoms with Crippen LogP contribution in [-0.2, 0) is 0 Å². The summed E-state index contributed by atoms with van der Waals surface area (Å²) in [5, 5.41) is 4.05. The molecule has 1 amide bonds. The summed E-state index contributed by atoms with van der Waals surface area (Å²) in [5.74, 6) is 1.81. The smallest absolute Gasteiger partial charge is 0.256 e. The van der Waals surface area contributed by atoms with Gasteiger partial charge in [-0.15, -0.1) is 0 Å². The molecule has 0 N–H and O–H groups in total. The van der Waals surface area contributed by atoms with Crippen LogP contribution in [0, 0.1) is 20.8 Å². The molecule has 28 heavy (non-hydrogen) atoms. The van der Waals surface area contributed by atoms with E-state index in [-0.39, 0.29) is 5.91 Å². The van der Waals surface area contributed by atoms with Crippen molar-refractivity contribution in [3.8, 4) is 11.1 Å². The molecule has 3 aromatic heterocycles. The van der Waals surface area contributed by atoms with Crippen molar-refractivity contribution >= 4 is 5.91 Å². The molecule has 4 rings (SSSR count). The number of nitrogens with zero attached hydrogens (tertiary/aromatic N) is 5. The molecular weight excluding hydrogens is 354 g/mol. The minimum atomic E-state index is -0.00381. The molecule has 0 atom stereocenters. The van der Waals surface area contributed by atoms with E-state index < -0.39 is 0 Å². The topological polar surface area (TPSA) is 85.0 Å². The van der Waals surface area contributed by atoms with Crippen LogP contribution in [0.3, 0.4) is 0 Å². The third-order valence-corrected chi connectivity index (χ3v) is 5.33. The summed E-state index contributed by atoms with van der Waals surface area (Å²) >= 11 is 0. The fourth-order valence-electron chi connectivity index (χ4n) is 3.79. The summed E-state index contributed by atoms with van der Waals surface area (Å²) in [6, 6.07) is 4.12. The van der Waals surface area contributed by atoms with Gasteiger partial charge in [-0.3, -0.25) is 9.78 Å². The minimum Gasteiger partial charge on any atom is -0.361 e. The highest BCUT2D eigenvalue weighted by Gasteiger charge is 2.26. The summed E-state index contributed by atoms with van der Waals surface area (Å²) < 4.78 is 5.30. The molecule has 1 fully saturated rings. The van der Waals surface area contributed by atoms with Gasteiger partial charge in [-0.05, 0) is 51.3 Å². The first kappa shape index (κ1) is 18.3. The Kier molecular flexibility index (Phi) is 4.90. The van der Waals surface area contributed by atoms with Crippen LogP contribution in [0.25, 0.3) is 11.1 Å².